The van der Waals surface area contributed by atoms with Crippen molar-refractivity contribution >= 4 is 5.96 Å². The third-order valence-corrected chi connectivity index (χ3v) is 4.16. The lowest BCUT2D eigenvalue weighted by atomic mass is 10.1. The molecule has 2 aromatic carbocycles. The molecule has 2 N–H and O–H groups in total. The smallest absolute Gasteiger partial charge is 0.380 e. The minimum Gasteiger partial charge on any atom is -0.380 e. The van der Waals surface area contributed by atoms with E-state index in [0.717, 1.165) is 17.7 Å². The third-order valence-electron chi connectivity index (χ3n) is 4.16. The average Bonchev–Trinajstić information content (AvgIpc) is 2.66. The molecular weight excluding hydrogens is 374 g/mol. The van der Waals surface area contributed by atoms with Crippen LogP contribution < -0.4 is 10.6 Å². The summed E-state index contributed by atoms with van der Waals surface area (Å²) in [6.07, 6.45) is -4.39. The van der Waals surface area contributed by atoms with E-state index in [1.54, 1.807) is 32.2 Å². The molecule has 0 saturated carbocycles. The molecular formula is C20H23F4N3O. The van der Waals surface area contributed by atoms with Crippen molar-refractivity contribution in [3.8, 4) is 0 Å². The van der Waals surface area contributed by atoms with Crippen molar-refractivity contribution in [3.63, 3.8) is 0 Å². The zero-order valence-electron chi connectivity index (χ0n) is 15.9. The standard InChI is InChI=1S/C20H23F4N3O/c1-13(15-5-4-6-17(10-15)20(22,23)24)27-19(25-2)26-11-14-7-8-18(21)16(9-14)12-28-3/h4-10,13H,11-12H2,1-3H3,(H2,25,26,27). The maximum atomic E-state index is 13.7. The number of hydrogen-bond acceptors (Lipinski definition) is 2. The molecule has 2 aromatic rings. The van der Waals surface area contributed by atoms with E-state index in [2.05, 4.69) is 15.6 Å². The average molecular weight is 397 g/mol. The molecule has 4 nitrogen and oxygen atoms in total. The summed E-state index contributed by atoms with van der Waals surface area (Å²) >= 11 is 0. The summed E-state index contributed by atoms with van der Waals surface area (Å²) in [6.45, 7) is 2.28. The van der Waals surface area contributed by atoms with Gasteiger partial charge in [-0.25, -0.2) is 4.39 Å². The van der Waals surface area contributed by atoms with Crippen LogP contribution in [0.4, 0.5) is 17.6 Å². The monoisotopic (exact) mass is 397 g/mol. The largest absolute Gasteiger partial charge is 0.416 e. The number of alkyl halides is 3. The van der Waals surface area contributed by atoms with E-state index in [4.69, 9.17) is 4.74 Å². The summed E-state index contributed by atoms with van der Waals surface area (Å²) in [6, 6.07) is 9.45. The van der Waals surface area contributed by atoms with E-state index in [1.165, 1.54) is 19.2 Å². The fourth-order valence-electron chi connectivity index (χ4n) is 2.66. The topological polar surface area (TPSA) is 45.7 Å². The van der Waals surface area contributed by atoms with Crippen molar-refractivity contribution in [2.45, 2.75) is 32.3 Å². The number of benzene rings is 2. The lowest BCUT2D eigenvalue weighted by molar-refractivity contribution is -0.137. The second-order valence-electron chi connectivity index (χ2n) is 6.27. The van der Waals surface area contributed by atoms with Crippen LogP contribution in [0.3, 0.4) is 0 Å². The predicted octanol–water partition coefficient (Wildman–Crippen LogP) is 4.42. The van der Waals surface area contributed by atoms with Gasteiger partial charge < -0.3 is 15.4 Å². The van der Waals surface area contributed by atoms with Crippen LogP contribution in [0.15, 0.2) is 47.5 Å². The highest BCUT2D eigenvalue weighted by Crippen LogP contribution is 2.30. The molecule has 8 heteroatoms. The van der Waals surface area contributed by atoms with Gasteiger partial charge in [-0.05, 0) is 42.3 Å². The first-order valence-corrected chi connectivity index (χ1v) is 8.65. The zero-order valence-corrected chi connectivity index (χ0v) is 15.9. The number of ether oxygens (including phenoxy) is 1. The van der Waals surface area contributed by atoms with Crippen molar-refractivity contribution < 1.29 is 22.3 Å². The van der Waals surface area contributed by atoms with Crippen LogP contribution in [0.5, 0.6) is 0 Å². The zero-order chi connectivity index (χ0) is 20.7. The Morgan fingerprint density at radius 2 is 1.93 bits per heavy atom. The summed E-state index contributed by atoms with van der Waals surface area (Å²) < 4.78 is 57.3. The number of methoxy groups -OCH3 is 1. The number of guanidine groups is 1. The number of hydrogen-bond donors (Lipinski definition) is 2. The highest BCUT2D eigenvalue weighted by Gasteiger charge is 2.30. The normalized spacial score (nSPS) is 13.3. The van der Waals surface area contributed by atoms with Crippen molar-refractivity contribution in [1.29, 1.82) is 0 Å². The molecule has 28 heavy (non-hydrogen) atoms. The second-order valence-corrected chi connectivity index (χ2v) is 6.27. The maximum Gasteiger partial charge on any atom is 0.416 e. The molecule has 0 amide bonds. The third kappa shape index (κ3) is 5.95. The van der Waals surface area contributed by atoms with E-state index in [9.17, 15) is 17.6 Å². The Morgan fingerprint density at radius 1 is 1.18 bits per heavy atom. The SMILES string of the molecule is CN=C(NCc1ccc(F)c(COC)c1)NC(C)c1cccc(C(F)(F)F)c1. The molecule has 0 saturated heterocycles. The van der Waals surface area contributed by atoms with E-state index in [1.807, 2.05) is 0 Å². The number of nitrogens with one attached hydrogen (secondary N) is 2. The maximum absolute atomic E-state index is 13.7. The van der Waals surface area contributed by atoms with Gasteiger partial charge in [-0.1, -0.05) is 18.2 Å². The van der Waals surface area contributed by atoms with Gasteiger partial charge in [0.2, 0.25) is 0 Å². The highest BCUT2D eigenvalue weighted by atomic mass is 19.4. The number of halogens is 4. The Balaban J connectivity index is 2.02. The molecule has 0 aliphatic rings. The fourth-order valence-corrected chi connectivity index (χ4v) is 2.66. The molecule has 1 unspecified atom stereocenters. The summed E-state index contributed by atoms with van der Waals surface area (Å²) in [5, 5.41) is 6.13. The van der Waals surface area contributed by atoms with Gasteiger partial charge in [0.05, 0.1) is 18.2 Å². The highest BCUT2D eigenvalue weighted by molar-refractivity contribution is 5.80. The Morgan fingerprint density at radius 3 is 2.57 bits per heavy atom. The lowest BCUT2D eigenvalue weighted by Crippen LogP contribution is -2.38. The fraction of sp³-hybridized carbons (Fsp3) is 0.350. The Kier molecular flexibility index (Phi) is 7.39. The Labute approximate surface area is 161 Å². The minimum atomic E-state index is -4.39. The van der Waals surface area contributed by atoms with E-state index >= 15 is 0 Å². The quantitative estimate of drug-likeness (QED) is 0.431. The van der Waals surface area contributed by atoms with Crippen molar-refractivity contribution in [2.75, 3.05) is 14.2 Å². The summed E-state index contributed by atoms with van der Waals surface area (Å²) in [5.74, 6) is 0.0776. The first-order chi connectivity index (χ1) is 13.2. The molecule has 0 spiro atoms. The lowest BCUT2D eigenvalue weighted by Gasteiger charge is -2.19. The van der Waals surface area contributed by atoms with Gasteiger partial charge in [-0.15, -0.1) is 0 Å². The van der Waals surface area contributed by atoms with Crippen molar-refractivity contribution in [3.05, 3.63) is 70.5 Å². The van der Waals surface area contributed by atoms with Gasteiger partial charge in [0, 0.05) is 26.3 Å². The van der Waals surface area contributed by atoms with Crippen molar-refractivity contribution in [1.82, 2.24) is 10.6 Å². The van der Waals surface area contributed by atoms with Gasteiger partial charge in [-0.3, -0.25) is 4.99 Å². The van der Waals surface area contributed by atoms with Crippen LogP contribution in [-0.4, -0.2) is 20.1 Å². The molecule has 0 radical (unpaired) electrons. The first kappa shape index (κ1) is 21.7. The van der Waals surface area contributed by atoms with Crippen LogP contribution in [0.25, 0.3) is 0 Å². The van der Waals surface area contributed by atoms with E-state index in [0.29, 0.717) is 23.6 Å². The van der Waals surface area contributed by atoms with Crippen LogP contribution in [0.1, 0.15) is 35.2 Å². The predicted molar refractivity (Wildman–Crippen MR) is 100 cm³/mol. The second kappa shape index (κ2) is 9.54. The molecule has 152 valence electrons. The van der Waals surface area contributed by atoms with Gasteiger partial charge in [0.1, 0.15) is 5.82 Å². The van der Waals surface area contributed by atoms with Crippen molar-refractivity contribution in [2.24, 2.45) is 4.99 Å². The molecule has 0 fully saturated rings. The molecule has 0 aromatic heterocycles. The van der Waals surface area contributed by atoms with Gasteiger partial charge in [0.15, 0.2) is 5.96 Å². The van der Waals surface area contributed by atoms with Crippen LogP contribution in [0, 0.1) is 5.82 Å². The van der Waals surface area contributed by atoms with Crippen LogP contribution in [0.2, 0.25) is 0 Å². The molecule has 2 rings (SSSR count). The van der Waals surface area contributed by atoms with Gasteiger partial charge in [0.25, 0.3) is 0 Å². The van der Waals surface area contributed by atoms with Gasteiger partial charge >= 0.3 is 6.18 Å². The first-order valence-electron chi connectivity index (χ1n) is 8.65. The number of rotatable bonds is 6. The number of nitrogens with zero attached hydrogens (tertiary/aromatic N) is 1. The van der Waals surface area contributed by atoms with Gasteiger partial charge in [-0.2, -0.15) is 13.2 Å². The summed E-state index contributed by atoms with van der Waals surface area (Å²) in [7, 11) is 3.06. The molecule has 0 heterocycles. The Hall–Kier alpha value is -2.61. The molecule has 0 aliphatic heterocycles. The van der Waals surface area contributed by atoms with E-state index < -0.39 is 17.8 Å². The molecule has 0 bridgehead atoms. The minimum absolute atomic E-state index is 0.166. The Bertz CT molecular complexity index is 821. The molecule has 0 aliphatic carbocycles. The van der Waals surface area contributed by atoms with Crippen LogP contribution in [-0.2, 0) is 24.1 Å². The number of aliphatic imine (C=N–C) groups is 1. The van der Waals surface area contributed by atoms with Crippen LogP contribution >= 0.6 is 0 Å². The summed E-state index contributed by atoms with van der Waals surface area (Å²) in [4.78, 5) is 4.09. The molecule has 1 atom stereocenters. The summed E-state index contributed by atoms with van der Waals surface area (Å²) in [5.41, 5.74) is 1.06. The van der Waals surface area contributed by atoms with E-state index in [-0.39, 0.29) is 12.4 Å².